The Hall–Kier alpha value is -3.14. The lowest BCUT2D eigenvalue weighted by Gasteiger charge is -2.38. The molecule has 1 aliphatic carbocycles. The van der Waals surface area contributed by atoms with E-state index < -0.39 is 5.97 Å². The van der Waals surface area contributed by atoms with Crippen LogP contribution in [0.15, 0.2) is 66.7 Å². The van der Waals surface area contributed by atoms with Crippen molar-refractivity contribution in [2.45, 2.75) is 18.4 Å². The highest BCUT2D eigenvalue weighted by atomic mass is 19.1. The molecule has 0 amide bonds. The normalized spacial score (nSPS) is 22.3. The van der Waals surface area contributed by atoms with Crippen molar-refractivity contribution in [2.24, 2.45) is 5.92 Å². The summed E-state index contributed by atoms with van der Waals surface area (Å²) < 4.78 is 14.6. The van der Waals surface area contributed by atoms with Gasteiger partial charge in [-0.25, -0.2) is 9.18 Å². The Kier molecular flexibility index (Phi) is 3.54. The molecule has 0 saturated heterocycles. The van der Waals surface area contributed by atoms with E-state index in [1.54, 1.807) is 18.2 Å². The van der Waals surface area contributed by atoms with Crippen LogP contribution in [0.1, 0.15) is 44.6 Å². The molecule has 0 saturated carbocycles. The number of hydrogen-bond acceptors (Lipinski definition) is 2. The second-order valence-electron chi connectivity index (χ2n) is 7.30. The lowest BCUT2D eigenvalue weighted by atomic mass is 9.75. The number of nitrogens with one attached hydrogen (secondary N) is 1. The maximum atomic E-state index is 14.6. The summed E-state index contributed by atoms with van der Waals surface area (Å²) in [5.74, 6) is -0.954. The average Bonchev–Trinajstić information content (AvgIpc) is 3.07. The van der Waals surface area contributed by atoms with Gasteiger partial charge < -0.3 is 10.4 Å². The van der Waals surface area contributed by atoms with Crippen molar-refractivity contribution >= 4 is 11.7 Å². The van der Waals surface area contributed by atoms with Crippen molar-refractivity contribution < 1.29 is 14.3 Å². The zero-order valence-electron chi connectivity index (χ0n) is 14.5. The summed E-state index contributed by atoms with van der Waals surface area (Å²) in [6, 6.07) is 20.2. The summed E-state index contributed by atoms with van der Waals surface area (Å²) in [5, 5.41) is 12.9. The third-order valence-electron chi connectivity index (χ3n) is 5.89. The van der Waals surface area contributed by atoms with Crippen molar-refractivity contribution in [2.75, 3.05) is 5.32 Å². The van der Waals surface area contributed by atoms with Crippen molar-refractivity contribution in [3.63, 3.8) is 0 Å². The summed E-state index contributed by atoms with van der Waals surface area (Å²) in [6.45, 7) is 0. The third kappa shape index (κ3) is 2.44. The number of rotatable bonds is 2. The van der Waals surface area contributed by atoms with E-state index in [0.717, 1.165) is 17.7 Å². The number of carbonyl (C=O) groups is 1. The van der Waals surface area contributed by atoms with Crippen LogP contribution in [0.5, 0.6) is 0 Å². The number of halogens is 1. The van der Waals surface area contributed by atoms with Crippen LogP contribution in [-0.4, -0.2) is 11.1 Å². The number of anilines is 1. The van der Waals surface area contributed by atoms with E-state index in [9.17, 15) is 14.3 Å². The highest BCUT2D eigenvalue weighted by Crippen LogP contribution is 2.54. The molecule has 0 spiro atoms. The molecule has 1 aliphatic heterocycles. The molecular formula is C23H18FNO2. The van der Waals surface area contributed by atoms with Gasteiger partial charge in [0.05, 0.1) is 11.6 Å². The van der Waals surface area contributed by atoms with Crippen LogP contribution in [-0.2, 0) is 6.42 Å². The number of fused-ring (bicyclic) bond motifs is 5. The Labute approximate surface area is 156 Å². The van der Waals surface area contributed by atoms with E-state index in [1.165, 1.54) is 17.2 Å². The molecule has 0 unspecified atom stereocenters. The molecular weight excluding hydrogens is 341 g/mol. The van der Waals surface area contributed by atoms with Crippen molar-refractivity contribution in [3.8, 4) is 0 Å². The van der Waals surface area contributed by atoms with Crippen LogP contribution in [0.4, 0.5) is 10.1 Å². The Morgan fingerprint density at radius 2 is 1.70 bits per heavy atom. The number of hydrogen-bond donors (Lipinski definition) is 2. The number of aromatic carboxylic acids is 1. The lowest BCUT2D eigenvalue weighted by molar-refractivity contribution is 0.0696. The van der Waals surface area contributed by atoms with Crippen LogP contribution in [0.3, 0.4) is 0 Å². The number of carboxylic acids is 1. The van der Waals surface area contributed by atoms with E-state index in [-0.39, 0.29) is 29.3 Å². The van der Waals surface area contributed by atoms with E-state index in [4.69, 9.17) is 0 Å². The summed E-state index contributed by atoms with van der Waals surface area (Å²) in [4.78, 5) is 11.5. The molecule has 2 aliphatic rings. The quantitative estimate of drug-likeness (QED) is 0.677. The fraction of sp³-hybridized carbons (Fsp3) is 0.174. The summed E-state index contributed by atoms with van der Waals surface area (Å²) in [5.41, 5.74) is 5.28. The minimum atomic E-state index is -0.933. The van der Waals surface area contributed by atoms with Gasteiger partial charge in [0.25, 0.3) is 0 Å². The monoisotopic (exact) mass is 359 g/mol. The van der Waals surface area contributed by atoms with E-state index in [0.29, 0.717) is 5.56 Å². The molecule has 27 heavy (non-hydrogen) atoms. The smallest absolute Gasteiger partial charge is 0.335 e. The molecule has 3 atom stereocenters. The highest BCUT2D eigenvalue weighted by Gasteiger charge is 2.44. The van der Waals surface area contributed by atoms with Gasteiger partial charge >= 0.3 is 5.97 Å². The molecule has 3 aromatic carbocycles. The Morgan fingerprint density at radius 3 is 2.48 bits per heavy atom. The first-order valence-corrected chi connectivity index (χ1v) is 9.09. The van der Waals surface area contributed by atoms with Crippen molar-refractivity contribution in [3.05, 3.63) is 100 Å². The Bertz CT molecular complexity index is 1060. The highest BCUT2D eigenvalue weighted by molar-refractivity contribution is 5.89. The van der Waals surface area contributed by atoms with Gasteiger partial charge in [0.2, 0.25) is 0 Å². The van der Waals surface area contributed by atoms with Gasteiger partial charge in [0.15, 0.2) is 0 Å². The summed E-state index contributed by atoms with van der Waals surface area (Å²) >= 11 is 0. The molecule has 134 valence electrons. The predicted molar refractivity (Wildman–Crippen MR) is 102 cm³/mol. The molecule has 1 heterocycles. The largest absolute Gasteiger partial charge is 0.478 e. The van der Waals surface area contributed by atoms with Crippen LogP contribution in [0, 0.1) is 11.7 Å². The first kappa shape index (κ1) is 16.1. The van der Waals surface area contributed by atoms with E-state index in [1.807, 2.05) is 30.3 Å². The van der Waals surface area contributed by atoms with Gasteiger partial charge in [0, 0.05) is 17.2 Å². The SMILES string of the molecule is O=C(O)c1ccc2c(c1)[C@@H]1c3ccccc3C[C@H]1[C@@H](c1ccccc1F)N2. The van der Waals surface area contributed by atoms with Crippen molar-refractivity contribution in [1.82, 2.24) is 0 Å². The van der Waals surface area contributed by atoms with Crippen molar-refractivity contribution in [1.29, 1.82) is 0 Å². The maximum Gasteiger partial charge on any atom is 0.335 e. The molecule has 0 bridgehead atoms. The van der Waals surface area contributed by atoms with Gasteiger partial charge in [-0.15, -0.1) is 0 Å². The first-order chi connectivity index (χ1) is 13.1. The molecule has 2 N–H and O–H groups in total. The van der Waals surface area contributed by atoms with Gasteiger partial charge in [-0.2, -0.15) is 0 Å². The molecule has 0 radical (unpaired) electrons. The first-order valence-electron chi connectivity index (χ1n) is 9.09. The zero-order valence-corrected chi connectivity index (χ0v) is 14.5. The maximum absolute atomic E-state index is 14.6. The van der Waals surface area contributed by atoms with Crippen LogP contribution in [0.2, 0.25) is 0 Å². The van der Waals surface area contributed by atoms with Gasteiger partial charge in [-0.05, 0) is 53.3 Å². The van der Waals surface area contributed by atoms with E-state index >= 15 is 0 Å². The molecule has 3 aromatic rings. The van der Waals surface area contributed by atoms with Gasteiger partial charge in [0.1, 0.15) is 5.82 Å². The second-order valence-corrected chi connectivity index (χ2v) is 7.30. The Morgan fingerprint density at radius 1 is 0.963 bits per heavy atom. The molecule has 3 nitrogen and oxygen atoms in total. The molecule has 0 aromatic heterocycles. The Balaban J connectivity index is 1.71. The number of carboxylic acid groups (broad SMARTS) is 1. The molecule has 0 fully saturated rings. The summed E-state index contributed by atoms with van der Waals surface area (Å²) in [6.07, 6.45) is 0.837. The topological polar surface area (TPSA) is 49.3 Å². The number of benzene rings is 3. The zero-order chi connectivity index (χ0) is 18.5. The summed E-state index contributed by atoms with van der Waals surface area (Å²) in [7, 11) is 0. The molecule has 4 heteroatoms. The van der Waals surface area contributed by atoms with Gasteiger partial charge in [-0.3, -0.25) is 0 Å². The third-order valence-corrected chi connectivity index (χ3v) is 5.89. The lowest BCUT2D eigenvalue weighted by Crippen LogP contribution is -2.31. The van der Waals surface area contributed by atoms with Crippen LogP contribution in [0.25, 0.3) is 0 Å². The minimum Gasteiger partial charge on any atom is -0.478 e. The van der Waals surface area contributed by atoms with Crippen LogP contribution < -0.4 is 5.32 Å². The van der Waals surface area contributed by atoms with Crippen LogP contribution >= 0.6 is 0 Å². The second kappa shape index (κ2) is 5.95. The average molecular weight is 359 g/mol. The predicted octanol–water partition coefficient (Wildman–Crippen LogP) is 4.99. The minimum absolute atomic E-state index is 0.0568. The fourth-order valence-corrected chi connectivity index (χ4v) is 4.73. The fourth-order valence-electron chi connectivity index (χ4n) is 4.73. The van der Waals surface area contributed by atoms with Gasteiger partial charge in [-0.1, -0.05) is 42.5 Å². The standard InChI is InChI=1S/C23H18FNO2/c24-19-8-4-3-7-16(19)22-18-11-13-5-1-2-6-15(13)21(18)17-12-14(23(26)27)9-10-20(17)25-22/h1-10,12,18,21-22,25H,11H2,(H,26,27)/t18-,21+,22-/m1/s1. The van der Waals surface area contributed by atoms with E-state index in [2.05, 4.69) is 17.4 Å². The molecule has 5 rings (SSSR count).